The maximum atomic E-state index is 13.7. The van der Waals surface area contributed by atoms with Crippen molar-refractivity contribution in [3.63, 3.8) is 0 Å². The second-order valence-electron chi connectivity index (χ2n) is 6.99. The highest BCUT2D eigenvalue weighted by atomic mass is 19.2. The van der Waals surface area contributed by atoms with Gasteiger partial charge in [0, 0.05) is 24.6 Å². The van der Waals surface area contributed by atoms with Gasteiger partial charge < -0.3 is 10.2 Å². The molecule has 2 aromatic rings. The Bertz CT molecular complexity index is 865. The molecule has 1 aliphatic carbocycles. The number of halogens is 3. The van der Waals surface area contributed by atoms with Gasteiger partial charge in [-0.15, -0.1) is 0 Å². The van der Waals surface area contributed by atoms with Gasteiger partial charge in [-0.25, -0.2) is 13.2 Å². The molecule has 0 unspecified atom stereocenters. The summed E-state index contributed by atoms with van der Waals surface area (Å²) in [6.45, 7) is 0. The molecule has 0 aromatic heterocycles. The molecule has 0 atom stereocenters. The van der Waals surface area contributed by atoms with Crippen LogP contribution in [0.1, 0.15) is 25.7 Å². The van der Waals surface area contributed by atoms with Crippen molar-refractivity contribution in [3.8, 4) is 0 Å². The van der Waals surface area contributed by atoms with E-state index in [0.717, 1.165) is 17.8 Å². The van der Waals surface area contributed by atoms with E-state index in [0.29, 0.717) is 25.7 Å². The molecule has 7 heteroatoms. The van der Waals surface area contributed by atoms with Gasteiger partial charge >= 0.3 is 0 Å². The summed E-state index contributed by atoms with van der Waals surface area (Å²) in [6, 6.07) is 11.1. The lowest BCUT2D eigenvalue weighted by Gasteiger charge is -2.30. The fraction of sp³-hybridized carbons (Fsp3) is 0.333. The predicted octanol–water partition coefficient (Wildman–Crippen LogP) is 4.51. The Morgan fingerprint density at radius 1 is 0.893 bits per heavy atom. The van der Waals surface area contributed by atoms with Gasteiger partial charge in [-0.2, -0.15) is 0 Å². The van der Waals surface area contributed by atoms with Gasteiger partial charge in [0.25, 0.3) is 0 Å². The first-order valence-electron chi connectivity index (χ1n) is 9.15. The average molecular weight is 390 g/mol. The molecule has 3 rings (SSSR count). The molecule has 1 N–H and O–H groups in total. The van der Waals surface area contributed by atoms with Gasteiger partial charge in [0.2, 0.25) is 11.8 Å². The van der Waals surface area contributed by atoms with Crippen LogP contribution in [0.15, 0.2) is 42.5 Å². The number of para-hydroxylation sites is 1. The number of amides is 2. The minimum absolute atomic E-state index is 0.00305. The second kappa shape index (κ2) is 8.46. The maximum absolute atomic E-state index is 13.7. The topological polar surface area (TPSA) is 49.4 Å². The van der Waals surface area contributed by atoms with Gasteiger partial charge in [0.15, 0.2) is 17.5 Å². The molecule has 0 spiro atoms. The van der Waals surface area contributed by atoms with Crippen LogP contribution in [0.5, 0.6) is 0 Å². The fourth-order valence-corrected chi connectivity index (χ4v) is 3.51. The zero-order chi connectivity index (χ0) is 20.3. The summed E-state index contributed by atoms with van der Waals surface area (Å²) in [5, 5.41) is 2.32. The number of hydrogen-bond acceptors (Lipinski definition) is 2. The third kappa shape index (κ3) is 4.18. The smallest absolute Gasteiger partial charge is 0.229 e. The van der Waals surface area contributed by atoms with E-state index in [-0.39, 0.29) is 17.5 Å². The van der Waals surface area contributed by atoms with E-state index < -0.39 is 29.3 Å². The molecule has 28 heavy (non-hydrogen) atoms. The molecule has 0 radical (unpaired) electrons. The Balaban J connectivity index is 1.57. The molecule has 2 amide bonds. The largest absolute Gasteiger partial charge is 0.323 e. The molecular weight excluding hydrogens is 369 g/mol. The lowest BCUT2D eigenvalue weighted by molar-refractivity contribution is -0.126. The third-order valence-corrected chi connectivity index (χ3v) is 5.21. The molecule has 0 bridgehead atoms. The van der Waals surface area contributed by atoms with Crippen molar-refractivity contribution in [1.82, 2.24) is 0 Å². The minimum Gasteiger partial charge on any atom is -0.323 e. The van der Waals surface area contributed by atoms with Crippen LogP contribution >= 0.6 is 0 Å². The van der Waals surface area contributed by atoms with Gasteiger partial charge in [0.1, 0.15) is 0 Å². The van der Waals surface area contributed by atoms with Crippen molar-refractivity contribution >= 4 is 23.2 Å². The Labute approximate surface area is 161 Å². The van der Waals surface area contributed by atoms with Gasteiger partial charge in [-0.1, -0.05) is 18.2 Å². The molecule has 1 fully saturated rings. The van der Waals surface area contributed by atoms with E-state index >= 15 is 0 Å². The number of carbonyl (C=O) groups excluding carboxylic acids is 2. The molecule has 2 aromatic carbocycles. The summed E-state index contributed by atoms with van der Waals surface area (Å²) in [5.74, 6) is -5.38. The number of nitrogens with zero attached hydrogens (tertiary/aromatic N) is 1. The van der Waals surface area contributed by atoms with Crippen LogP contribution in [0.4, 0.5) is 24.5 Å². The summed E-state index contributed by atoms with van der Waals surface area (Å²) in [6.07, 6.45) is 2.01. The first-order valence-corrected chi connectivity index (χ1v) is 9.15. The highest BCUT2D eigenvalue weighted by Gasteiger charge is 2.32. The van der Waals surface area contributed by atoms with E-state index in [1.807, 2.05) is 30.3 Å². The van der Waals surface area contributed by atoms with Crippen LogP contribution in [-0.2, 0) is 9.59 Å². The normalized spacial score (nSPS) is 19.1. The predicted molar refractivity (Wildman–Crippen MR) is 100 cm³/mol. The van der Waals surface area contributed by atoms with Crippen LogP contribution in [0, 0.1) is 29.3 Å². The van der Waals surface area contributed by atoms with Crippen LogP contribution in [-0.4, -0.2) is 18.9 Å². The van der Waals surface area contributed by atoms with Crippen LogP contribution in [0.25, 0.3) is 0 Å². The summed E-state index contributed by atoms with van der Waals surface area (Å²) >= 11 is 0. The molecule has 0 aliphatic heterocycles. The second-order valence-corrected chi connectivity index (χ2v) is 6.99. The molecule has 0 heterocycles. The zero-order valence-electron chi connectivity index (χ0n) is 15.4. The molecule has 1 saturated carbocycles. The van der Waals surface area contributed by atoms with Crippen molar-refractivity contribution in [2.75, 3.05) is 17.3 Å². The van der Waals surface area contributed by atoms with E-state index in [1.54, 1.807) is 11.9 Å². The lowest BCUT2D eigenvalue weighted by atomic mass is 9.81. The Hall–Kier alpha value is -2.83. The van der Waals surface area contributed by atoms with E-state index in [1.165, 1.54) is 0 Å². The molecule has 148 valence electrons. The number of hydrogen-bond donors (Lipinski definition) is 1. The summed E-state index contributed by atoms with van der Waals surface area (Å²) < 4.78 is 40.0. The van der Waals surface area contributed by atoms with Crippen molar-refractivity contribution in [2.24, 2.45) is 11.8 Å². The number of carbonyl (C=O) groups is 2. The highest BCUT2D eigenvalue weighted by Crippen LogP contribution is 2.32. The van der Waals surface area contributed by atoms with E-state index in [2.05, 4.69) is 5.32 Å². The first kappa shape index (κ1) is 19.9. The number of benzene rings is 2. The quantitative estimate of drug-likeness (QED) is 0.781. The number of nitrogens with one attached hydrogen (secondary N) is 1. The minimum atomic E-state index is -1.61. The molecule has 1 aliphatic rings. The molecular formula is C21H21F3N2O2. The van der Waals surface area contributed by atoms with Crippen molar-refractivity contribution < 1.29 is 22.8 Å². The number of anilines is 2. The van der Waals surface area contributed by atoms with Crippen molar-refractivity contribution in [2.45, 2.75) is 25.7 Å². The summed E-state index contributed by atoms with van der Waals surface area (Å²) in [4.78, 5) is 26.7. The third-order valence-electron chi connectivity index (χ3n) is 5.21. The zero-order valence-corrected chi connectivity index (χ0v) is 15.4. The monoisotopic (exact) mass is 390 g/mol. The Morgan fingerprint density at radius 3 is 2.14 bits per heavy atom. The van der Waals surface area contributed by atoms with Crippen LogP contribution in [0.2, 0.25) is 0 Å². The van der Waals surface area contributed by atoms with Gasteiger partial charge in [-0.3, -0.25) is 9.59 Å². The first-order chi connectivity index (χ1) is 13.4. The van der Waals surface area contributed by atoms with Gasteiger partial charge in [-0.05, 0) is 49.9 Å². The maximum Gasteiger partial charge on any atom is 0.229 e. The average Bonchev–Trinajstić information content (AvgIpc) is 2.73. The van der Waals surface area contributed by atoms with E-state index in [4.69, 9.17) is 0 Å². The summed E-state index contributed by atoms with van der Waals surface area (Å²) in [7, 11) is 1.72. The fourth-order valence-electron chi connectivity index (χ4n) is 3.51. The van der Waals surface area contributed by atoms with Crippen molar-refractivity contribution in [3.05, 3.63) is 59.9 Å². The Kier molecular flexibility index (Phi) is 6.02. The molecule has 4 nitrogen and oxygen atoms in total. The lowest BCUT2D eigenvalue weighted by Crippen LogP contribution is -2.36. The van der Waals surface area contributed by atoms with E-state index in [9.17, 15) is 22.8 Å². The van der Waals surface area contributed by atoms with Crippen molar-refractivity contribution in [1.29, 1.82) is 0 Å². The Morgan fingerprint density at radius 2 is 1.50 bits per heavy atom. The highest BCUT2D eigenvalue weighted by molar-refractivity contribution is 5.95. The van der Waals surface area contributed by atoms with Crippen LogP contribution in [0.3, 0.4) is 0 Å². The molecule has 0 saturated heterocycles. The SMILES string of the molecule is CN(C(=O)C1CCC(C(=O)Nc2ccc(F)c(F)c2F)CC1)c1ccccc1. The summed E-state index contributed by atoms with van der Waals surface area (Å²) in [5.41, 5.74) is 0.423. The standard InChI is InChI=1S/C21H21F3N2O2/c1-26(15-5-3-2-4-6-15)21(28)14-9-7-13(8-10-14)20(27)25-17-12-11-16(22)18(23)19(17)24/h2-6,11-14H,7-10H2,1H3,(H,25,27). The van der Waals surface area contributed by atoms with Crippen LogP contribution < -0.4 is 10.2 Å². The number of rotatable bonds is 4. The van der Waals surface area contributed by atoms with Gasteiger partial charge in [0.05, 0.1) is 5.69 Å².